The summed E-state index contributed by atoms with van der Waals surface area (Å²) in [5, 5.41) is 9.38. The molecule has 1 atom stereocenters. The topological polar surface area (TPSA) is 70.8 Å². The van der Waals surface area contributed by atoms with Crippen LogP contribution in [0.15, 0.2) is 34.7 Å². The molecule has 1 fully saturated rings. The van der Waals surface area contributed by atoms with Crippen LogP contribution in [0, 0.1) is 19.3 Å². The van der Waals surface area contributed by atoms with Gasteiger partial charge in [-0.05, 0) is 27.2 Å². The fraction of sp³-hybridized carbons (Fsp3) is 0.368. The van der Waals surface area contributed by atoms with Crippen molar-refractivity contribution >= 4 is 11.9 Å². The van der Waals surface area contributed by atoms with Gasteiger partial charge < -0.3 is 14.4 Å². The van der Waals surface area contributed by atoms with Crippen LogP contribution in [0.2, 0.25) is 0 Å². The molecule has 1 N–H and O–H groups in total. The summed E-state index contributed by atoms with van der Waals surface area (Å²) in [6, 6.07) is 9.51. The highest BCUT2D eigenvalue weighted by Crippen LogP contribution is 2.35. The van der Waals surface area contributed by atoms with Crippen molar-refractivity contribution < 1.29 is 19.1 Å². The lowest BCUT2D eigenvalue weighted by Crippen LogP contribution is -2.35. The number of likely N-dealkylation sites (tertiary alicyclic amines) is 1. The van der Waals surface area contributed by atoms with Gasteiger partial charge in [-0.3, -0.25) is 9.59 Å². The number of furan rings is 1. The summed E-state index contributed by atoms with van der Waals surface area (Å²) in [4.78, 5) is 26.1. The van der Waals surface area contributed by atoms with E-state index in [1.165, 1.54) is 0 Å². The van der Waals surface area contributed by atoms with Gasteiger partial charge in [-0.15, -0.1) is 0 Å². The van der Waals surface area contributed by atoms with Crippen molar-refractivity contribution in [3.8, 4) is 11.3 Å². The zero-order valence-corrected chi connectivity index (χ0v) is 14.1. The largest absolute Gasteiger partial charge is 0.481 e. The Morgan fingerprint density at radius 3 is 2.46 bits per heavy atom. The van der Waals surface area contributed by atoms with Crippen molar-refractivity contribution in [1.29, 1.82) is 0 Å². The smallest absolute Gasteiger partial charge is 0.311 e. The summed E-state index contributed by atoms with van der Waals surface area (Å²) in [6.07, 6.45) is 0.463. The van der Waals surface area contributed by atoms with Gasteiger partial charge in [-0.2, -0.15) is 0 Å². The molecule has 3 rings (SSSR count). The normalized spacial score (nSPS) is 20.4. The molecule has 0 spiro atoms. The van der Waals surface area contributed by atoms with Crippen molar-refractivity contribution in [3.63, 3.8) is 0 Å². The Bertz CT molecular complexity index is 793. The van der Waals surface area contributed by atoms with Gasteiger partial charge in [-0.25, -0.2) is 0 Å². The van der Waals surface area contributed by atoms with Crippen LogP contribution in [0.3, 0.4) is 0 Å². The number of aryl methyl sites for hydroxylation is 1. The SMILES string of the molecule is Cc1oc(-c2ccccc2)c(C(=O)N2CCC(C)(C(=O)O)C2)c1C. The van der Waals surface area contributed by atoms with Crippen molar-refractivity contribution in [1.82, 2.24) is 4.90 Å². The minimum absolute atomic E-state index is 0.159. The van der Waals surface area contributed by atoms with E-state index < -0.39 is 11.4 Å². The number of aliphatic carboxylic acids is 1. The summed E-state index contributed by atoms with van der Waals surface area (Å²) in [7, 11) is 0. The second-order valence-corrected chi connectivity index (χ2v) is 6.70. The van der Waals surface area contributed by atoms with Gasteiger partial charge in [0.05, 0.1) is 11.0 Å². The van der Waals surface area contributed by atoms with Crippen LogP contribution in [0.1, 0.15) is 35.0 Å². The number of amides is 1. The van der Waals surface area contributed by atoms with Crippen LogP contribution < -0.4 is 0 Å². The summed E-state index contributed by atoms with van der Waals surface area (Å²) in [5.74, 6) is 0.242. The number of nitrogens with zero attached hydrogens (tertiary/aromatic N) is 1. The van der Waals surface area contributed by atoms with Crippen LogP contribution in [0.4, 0.5) is 0 Å². The van der Waals surface area contributed by atoms with Crippen molar-refractivity contribution in [2.45, 2.75) is 27.2 Å². The lowest BCUT2D eigenvalue weighted by Gasteiger charge is -2.20. The van der Waals surface area contributed by atoms with Gasteiger partial charge in [0.2, 0.25) is 0 Å². The first-order chi connectivity index (χ1) is 11.3. The molecule has 5 nitrogen and oxygen atoms in total. The summed E-state index contributed by atoms with van der Waals surface area (Å²) < 4.78 is 5.85. The Morgan fingerprint density at radius 2 is 1.88 bits per heavy atom. The van der Waals surface area contributed by atoms with Crippen molar-refractivity contribution in [3.05, 3.63) is 47.2 Å². The molecule has 1 unspecified atom stereocenters. The number of hydrogen-bond acceptors (Lipinski definition) is 3. The molecule has 24 heavy (non-hydrogen) atoms. The zero-order valence-electron chi connectivity index (χ0n) is 14.1. The molecule has 1 aliphatic rings. The van der Waals surface area contributed by atoms with Gasteiger partial charge in [0.1, 0.15) is 11.5 Å². The third kappa shape index (κ3) is 2.60. The second kappa shape index (κ2) is 5.82. The molecule has 126 valence electrons. The first-order valence-corrected chi connectivity index (χ1v) is 8.01. The molecule has 1 aromatic carbocycles. The Kier molecular flexibility index (Phi) is 3.95. The molecule has 0 saturated carbocycles. The van der Waals surface area contributed by atoms with Gasteiger partial charge in [0, 0.05) is 24.2 Å². The quantitative estimate of drug-likeness (QED) is 0.936. The van der Waals surface area contributed by atoms with E-state index in [9.17, 15) is 14.7 Å². The number of carbonyl (C=O) groups excluding carboxylic acids is 1. The Labute approximate surface area is 140 Å². The van der Waals surface area contributed by atoms with Gasteiger partial charge in [0.15, 0.2) is 0 Å². The average Bonchev–Trinajstić information content (AvgIpc) is 3.10. The number of carboxylic acid groups (broad SMARTS) is 1. The monoisotopic (exact) mass is 327 g/mol. The van der Waals surface area contributed by atoms with Gasteiger partial charge >= 0.3 is 5.97 Å². The Balaban J connectivity index is 1.98. The highest BCUT2D eigenvalue weighted by Gasteiger charge is 2.43. The van der Waals surface area contributed by atoms with Crippen LogP contribution in [-0.4, -0.2) is 35.0 Å². The molecule has 2 heterocycles. The molecule has 1 amide bonds. The molecular weight excluding hydrogens is 306 g/mol. The number of hydrogen-bond donors (Lipinski definition) is 1. The highest BCUT2D eigenvalue weighted by atomic mass is 16.4. The molecule has 1 saturated heterocycles. The zero-order chi connectivity index (χ0) is 17.5. The first kappa shape index (κ1) is 16.3. The maximum Gasteiger partial charge on any atom is 0.311 e. The first-order valence-electron chi connectivity index (χ1n) is 8.01. The molecular formula is C19H21NO4. The molecule has 0 radical (unpaired) electrons. The van der Waals surface area contributed by atoms with E-state index in [1.807, 2.05) is 44.2 Å². The average molecular weight is 327 g/mol. The minimum atomic E-state index is -0.880. The number of carboxylic acids is 1. The lowest BCUT2D eigenvalue weighted by molar-refractivity contribution is -0.147. The highest BCUT2D eigenvalue weighted by molar-refractivity contribution is 6.01. The van der Waals surface area contributed by atoms with E-state index in [0.29, 0.717) is 30.0 Å². The fourth-order valence-electron chi connectivity index (χ4n) is 3.14. The summed E-state index contributed by atoms with van der Waals surface area (Å²) in [5.41, 5.74) is 1.31. The molecule has 0 aliphatic carbocycles. The van der Waals surface area contributed by atoms with E-state index in [2.05, 4.69) is 0 Å². The molecule has 1 aliphatic heterocycles. The number of rotatable bonds is 3. The maximum absolute atomic E-state index is 13.1. The fourth-order valence-corrected chi connectivity index (χ4v) is 3.14. The van der Waals surface area contributed by atoms with Crippen LogP contribution >= 0.6 is 0 Å². The van der Waals surface area contributed by atoms with Crippen molar-refractivity contribution in [2.24, 2.45) is 5.41 Å². The van der Waals surface area contributed by atoms with E-state index in [1.54, 1.807) is 11.8 Å². The van der Waals surface area contributed by atoms with Crippen LogP contribution in [0.25, 0.3) is 11.3 Å². The molecule has 1 aromatic heterocycles. The Morgan fingerprint density at radius 1 is 1.21 bits per heavy atom. The maximum atomic E-state index is 13.1. The number of benzene rings is 1. The lowest BCUT2D eigenvalue weighted by atomic mass is 9.90. The molecule has 2 aromatic rings. The summed E-state index contributed by atoms with van der Waals surface area (Å²) >= 11 is 0. The van der Waals surface area contributed by atoms with Crippen LogP contribution in [-0.2, 0) is 4.79 Å². The van der Waals surface area contributed by atoms with Gasteiger partial charge in [0.25, 0.3) is 5.91 Å². The molecule has 0 bridgehead atoms. The Hall–Kier alpha value is -2.56. The number of carbonyl (C=O) groups is 2. The van der Waals surface area contributed by atoms with Crippen molar-refractivity contribution in [2.75, 3.05) is 13.1 Å². The standard InChI is InChI=1S/C19H21NO4/c1-12-13(2)24-16(14-7-5-4-6-8-14)15(12)17(21)20-10-9-19(3,11-20)18(22)23/h4-8H,9-11H2,1-3H3,(H,22,23). The minimum Gasteiger partial charge on any atom is -0.481 e. The van der Waals surface area contributed by atoms with E-state index in [4.69, 9.17) is 4.42 Å². The van der Waals surface area contributed by atoms with E-state index in [0.717, 1.165) is 11.1 Å². The third-order valence-corrected chi connectivity index (χ3v) is 4.91. The predicted octanol–water partition coefficient (Wildman–Crippen LogP) is 3.50. The van der Waals surface area contributed by atoms with Gasteiger partial charge in [-0.1, -0.05) is 30.3 Å². The summed E-state index contributed by atoms with van der Waals surface area (Å²) in [6.45, 7) is 6.06. The second-order valence-electron chi connectivity index (χ2n) is 6.70. The predicted molar refractivity (Wildman–Crippen MR) is 89.9 cm³/mol. The molecule has 5 heteroatoms. The third-order valence-electron chi connectivity index (χ3n) is 4.91. The van der Waals surface area contributed by atoms with E-state index >= 15 is 0 Å². The van der Waals surface area contributed by atoms with E-state index in [-0.39, 0.29) is 12.5 Å². The van der Waals surface area contributed by atoms with Crippen LogP contribution in [0.5, 0.6) is 0 Å².